The molecule has 0 amide bonds. The average molecular weight is 343 g/mol. The third-order valence-electron chi connectivity index (χ3n) is 3.63. The van der Waals surface area contributed by atoms with Crippen molar-refractivity contribution >= 4 is 21.6 Å². The normalized spacial score (nSPS) is 11.6. The summed E-state index contributed by atoms with van der Waals surface area (Å²) in [7, 11) is 0. The Morgan fingerprint density at radius 2 is 1.85 bits per heavy atom. The van der Waals surface area contributed by atoms with Gasteiger partial charge in [-0.15, -0.1) is 0 Å². The minimum Gasteiger partial charge on any atom is -0.312 e. The largest absolute Gasteiger partial charge is 0.312 e. The summed E-state index contributed by atoms with van der Waals surface area (Å²) in [5.41, 5.74) is 1.06. The monoisotopic (exact) mass is 342 g/mol. The molecule has 0 saturated heterocycles. The van der Waals surface area contributed by atoms with Crippen LogP contribution >= 0.6 is 15.9 Å². The fraction of sp³-hybridized carbons (Fsp3) is 0.600. The number of nitrogens with one attached hydrogen (secondary N) is 1. The van der Waals surface area contributed by atoms with Gasteiger partial charge < -0.3 is 5.32 Å². The lowest BCUT2D eigenvalue weighted by atomic mass is 9.85. The molecule has 0 fully saturated rings. The first-order chi connectivity index (χ1) is 9.32. The van der Waals surface area contributed by atoms with Crippen LogP contribution < -0.4 is 5.32 Å². The van der Waals surface area contributed by atoms with Crippen LogP contribution in [0.3, 0.4) is 0 Å². The Kier molecular flexibility index (Phi) is 6.62. The lowest BCUT2D eigenvalue weighted by Crippen LogP contribution is -2.29. The highest BCUT2D eigenvalue weighted by molar-refractivity contribution is 9.10. The summed E-state index contributed by atoms with van der Waals surface area (Å²) < 4.78 is 0.522. The zero-order valence-electron chi connectivity index (χ0n) is 12.5. The third kappa shape index (κ3) is 4.87. The molecule has 0 bridgehead atoms. The van der Waals surface area contributed by atoms with Crippen LogP contribution in [-0.4, -0.2) is 11.5 Å². The predicted molar refractivity (Wildman–Crippen MR) is 85.7 cm³/mol. The van der Waals surface area contributed by atoms with E-state index < -0.39 is 0 Å². The molecular weight excluding hydrogens is 320 g/mol. The van der Waals surface area contributed by atoms with Crippen molar-refractivity contribution in [3.63, 3.8) is 0 Å². The number of nitrogens with zero attached hydrogens (tertiary/aromatic N) is 1. The first kappa shape index (κ1) is 17.1. The van der Waals surface area contributed by atoms with Crippen LogP contribution in [0.4, 0.5) is 5.69 Å². The van der Waals surface area contributed by atoms with Gasteiger partial charge in [0.25, 0.3) is 5.69 Å². The van der Waals surface area contributed by atoms with Gasteiger partial charge in [0.05, 0.1) is 9.40 Å². The Balaban J connectivity index is 2.62. The second-order valence-electron chi connectivity index (χ2n) is 5.83. The maximum absolute atomic E-state index is 10.9. The number of halogens is 1. The molecule has 0 heterocycles. The van der Waals surface area contributed by atoms with Crippen LogP contribution in [0.5, 0.6) is 0 Å². The first-order valence-corrected chi connectivity index (χ1v) is 7.75. The second-order valence-corrected chi connectivity index (χ2v) is 6.68. The van der Waals surface area contributed by atoms with E-state index in [4.69, 9.17) is 0 Å². The molecule has 20 heavy (non-hydrogen) atoms. The summed E-state index contributed by atoms with van der Waals surface area (Å²) in [5.74, 6) is 1.86. The van der Waals surface area contributed by atoms with E-state index in [1.165, 1.54) is 0 Å². The number of hydrogen-bond donors (Lipinski definition) is 1. The van der Waals surface area contributed by atoms with Crippen molar-refractivity contribution in [2.75, 3.05) is 6.54 Å². The number of rotatable bonds is 7. The van der Waals surface area contributed by atoms with Crippen LogP contribution in [0.1, 0.15) is 33.3 Å². The van der Waals surface area contributed by atoms with E-state index in [9.17, 15) is 10.1 Å². The predicted octanol–water partition coefficient (Wildman–Crippen LogP) is 4.38. The number of nitro benzene ring substituents is 1. The van der Waals surface area contributed by atoms with Gasteiger partial charge in [-0.1, -0.05) is 33.8 Å². The van der Waals surface area contributed by atoms with Crippen LogP contribution in [0.25, 0.3) is 0 Å². The molecule has 0 atom stereocenters. The highest BCUT2D eigenvalue weighted by Gasteiger charge is 2.17. The van der Waals surface area contributed by atoms with Crippen LogP contribution in [0.15, 0.2) is 22.7 Å². The third-order valence-corrected chi connectivity index (χ3v) is 4.30. The van der Waals surface area contributed by atoms with E-state index in [0.29, 0.717) is 28.8 Å². The smallest absolute Gasteiger partial charge is 0.283 e. The highest BCUT2D eigenvalue weighted by atomic mass is 79.9. The zero-order valence-corrected chi connectivity index (χ0v) is 14.1. The molecule has 1 aromatic carbocycles. The van der Waals surface area contributed by atoms with Gasteiger partial charge in [-0.2, -0.15) is 0 Å². The van der Waals surface area contributed by atoms with E-state index in [1.54, 1.807) is 12.1 Å². The fourth-order valence-electron chi connectivity index (χ4n) is 2.43. The van der Waals surface area contributed by atoms with Crippen molar-refractivity contribution in [3.8, 4) is 0 Å². The van der Waals surface area contributed by atoms with Crippen molar-refractivity contribution in [2.24, 2.45) is 17.8 Å². The zero-order chi connectivity index (χ0) is 15.3. The highest BCUT2D eigenvalue weighted by Crippen LogP contribution is 2.25. The fourth-order valence-corrected chi connectivity index (χ4v) is 2.82. The standard InChI is InChI=1S/C15H23BrN2O2/c1-10(2)13(11(3)4)9-17-8-12-5-6-14(16)15(7-12)18(19)20/h5-7,10-11,13,17H,8-9H2,1-4H3. The molecule has 1 aromatic rings. The first-order valence-electron chi connectivity index (χ1n) is 6.96. The van der Waals surface area contributed by atoms with Crippen molar-refractivity contribution < 1.29 is 4.92 Å². The molecule has 0 aliphatic carbocycles. The molecule has 0 aliphatic rings. The molecule has 1 rings (SSSR count). The summed E-state index contributed by atoms with van der Waals surface area (Å²) in [5, 5.41) is 14.3. The van der Waals surface area contributed by atoms with Crippen LogP contribution in [-0.2, 0) is 6.54 Å². The van der Waals surface area contributed by atoms with Crippen molar-refractivity contribution in [1.29, 1.82) is 0 Å². The molecule has 0 saturated carbocycles. The molecule has 1 N–H and O–H groups in total. The summed E-state index contributed by atoms with van der Waals surface area (Å²) in [6.45, 7) is 10.5. The molecule has 0 radical (unpaired) electrons. The van der Waals surface area contributed by atoms with E-state index in [0.717, 1.165) is 12.1 Å². The maximum Gasteiger partial charge on any atom is 0.283 e. The molecule has 4 nitrogen and oxygen atoms in total. The Morgan fingerprint density at radius 1 is 1.25 bits per heavy atom. The van der Waals surface area contributed by atoms with Gasteiger partial charge in [0.1, 0.15) is 0 Å². The summed E-state index contributed by atoms with van der Waals surface area (Å²) >= 11 is 3.20. The second kappa shape index (κ2) is 7.74. The van der Waals surface area contributed by atoms with E-state index in [2.05, 4.69) is 48.9 Å². The lowest BCUT2D eigenvalue weighted by Gasteiger charge is -2.25. The SMILES string of the molecule is CC(C)C(CNCc1ccc(Br)c([N+](=O)[O-])c1)C(C)C. The summed E-state index contributed by atoms with van der Waals surface area (Å²) in [6.07, 6.45) is 0. The Labute approximate surface area is 129 Å². The molecule has 0 aliphatic heterocycles. The Morgan fingerprint density at radius 3 is 2.35 bits per heavy atom. The minimum absolute atomic E-state index is 0.119. The van der Waals surface area contributed by atoms with E-state index >= 15 is 0 Å². The maximum atomic E-state index is 10.9. The summed E-state index contributed by atoms with van der Waals surface area (Å²) in [4.78, 5) is 10.5. The van der Waals surface area contributed by atoms with Crippen molar-refractivity contribution in [3.05, 3.63) is 38.3 Å². The van der Waals surface area contributed by atoms with E-state index in [-0.39, 0.29) is 10.6 Å². The van der Waals surface area contributed by atoms with Gasteiger partial charge in [-0.3, -0.25) is 10.1 Å². The number of benzene rings is 1. The molecule has 0 spiro atoms. The lowest BCUT2D eigenvalue weighted by molar-refractivity contribution is -0.385. The molecule has 0 aromatic heterocycles. The van der Waals surface area contributed by atoms with Gasteiger partial charge in [0.15, 0.2) is 0 Å². The Hall–Kier alpha value is -0.940. The van der Waals surface area contributed by atoms with Gasteiger partial charge in [-0.25, -0.2) is 0 Å². The van der Waals surface area contributed by atoms with E-state index in [1.807, 2.05) is 6.07 Å². The number of hydrogen-bond acceptors (Lipinski definition) is 3. The van der Waals surface area contributed by atoms with Gasteiger partial charge in [0.2, 0.25) is 0 Å². The Bertz CT molecular complexity index is 453. The minimum atomic E-state index is -0.362. The van der Waals surface area contributed by atoms with Gasteiger partial charge in [0, 0.05) is 12.6 Å². The van der Waals surface area contributed by atoms with Crippen molar-refractivity contribution in [2.45, 2.75) is 34.2 Å². The molecule has 5 heteroatoms. The molecule has 112 valence electrons. The van der Waals surface area contributed by atoms with Crippen LogP contribution in [0, 0.1) is 27.9 Å². The van der Waals surface area contributed by atoms with Crippen LogP contribution in [0.2, 0.25) is 0 Å². The topological polar surface area (TPSA) is 55.2 Å². The van der Waals surface area contributed by atoms with Gasteiger partial charge in [-0.05, 0) is 51.9 Å². The quantitative estimate of drug-likeness (QED) is 0.591. The van der Waals surface area contributed by atoms with Crippen molar-refractivity contribution in [1.82, 2.24) is 5.32 Å². The molecule has 0 unspecified atom stereocenters. The average Bonchev–Trinajstić information content (AvgIpc) is 2.35. The number of nitro groups is 1. The molecular formula is C15H23BrN2O2. The summed E-state index contributed by atoms with van der Waals surface area (Å²) in [6, 6.07) is 5.26. The van der Waals surface area contributed by atoms with Gasteiger partial charge >= 0.3 is 0 Å².